The van der Waals surface area contributed by atoms with E-state index in [0.29, 0.717) is 0 Å². The van der Waals surface area contributed by atoms with Gasteiger partial charge in [0.1, 0.15) is 0 Å². The van der Waals surface area contributed by atoms with Gasteiger partial charge in [-0.3, -0.25) is 0 Å². The molecule has 2 nitrogen and oxygen atoms in total. The van der Waals surface area contributed by atoms with Crippen molar-refractivity contribution in [2.45, 2.75) is 52.1 Å². The molecule has 0 saturated carbocycles. The monoisotopic (exact) mass is 263 g/mol. The lowest BCUT2D eigenvalue weighted by Gasteiger charge is -2.12. The fourth-order valence-corrected chi connectivity index (χ4v) is 2.06. The molecule has 19 heavy (non-hydrogen) atoms. The Labute approximate surface area is 118 Å². The van der Waals surface area contributed by atoms with Crippen molar-refractivity contribution < 1.29 is 4.74 Å². The fourth-order valence-electron chi connectivity index (χ4n) is 2.06. The van der Waals surface area contributed by atoms with Gasteiger partial charge in [0.2, 0.25) is 0 Å². The van der Waals surface area contributed by atoms with Crippen LogP contribution in [0.15, 0.2) is 24.3 Å². The Hall–Kier alpha value is -1.02. The zero-order valence-electron chi connectivity index (χ0n) is 12.8. The van der Waals surface area contributed by atoms with Crippen LogP contribution >= 0.6 is 0 Å². The molecule has 2 heteroatoms. The summed E-state index contributed by atoms with van der Waals surface area (Å²) >= 11 is 0. The first kappa shape index (κ1) is 16.0. The predicted octanol–water partition coefficient (Wildman–Crippen LogP) is 4.63. The van der Waals surface area contributed by atoms with Gasteiger partial charge in [0, 0.05) is 26.4 Å². The summed E-state index contributed by atoms with van der Waals surface area (Å²) < 4.78 is 5.71. The molecule has 1 aromatic rings. The Morgan fingerprint density at radius 3 is 2.16 bits per heavy atom. The highest BCUT2D eigenvalue weighted by Crippen LogP contribution is 2.13. The van der Waals surface area contributed by atoms with Gasteiger partial charge in [-0.15, -0.1) is 0 Å². The van der Waals surface area contributed by atoms with E-state index in [4.69, 9.17) is 4.74 Å². The fraction of sp³-hybridized carbons (Fsp3) is 0.647. The summed E-state index contributed by atoms with van der Waals surface area (Å²) in [5, 5.41) is 0. The van der Waals surface area contributed by atoms with E-state index in [2.05, 4.69) is 50.2 Å². The number of rotatable bonds is 10. The second kappa shape index (κ2) is 9.85. The molecule has 0 aliphatic rings. The minimum absolute atomic E-state index is 0.739. The van der Waals surface area contributed by atoms with Crippen LogP contribution in [0.5, 0.6) is 0 Å². The quantitative estimate of drug-likeness (QED) is 0.571. The molecule has 0 unspecified atom stereocenters. The molecule has 0 atom stereocenters. The highest BCUT2D eigenvalue weighted by atomic mass is 16.5. The van der Waals surface area contributed by atoms with Crippen LogP contribution < -0.4 is 4.90 Å². The number of anilines is 1. The highest BCUT2D eigenvalue weighted by molar-refractivity contribution is 5.45. The van der Waals surface area contributed by atoms with Crippen molar-refractivity contribution >= 4 is 5.69 Å². The number of nitrogens with zero attached hydrogens (tertiary/aromatic N) is 1. The average molecular weight is 263 g/mol. The summed E-state index contributed by atoms with van der Waals surface area (Å²) in [4.78, 5) is 2.11. The Morgan fingerprint density at radius 2 is 1.53 bits per heavy atom. The second-order valence-electron chi connectivity index (χ2n) is 5.38. The summed E-state index contributed by atoms with van der Waals surface area (Å²) in [7, 11) is 4.12. The molecule has 0 aliphatic carbocycles. The van der Waals surface area contributed by atoms with E-state index in [-0.39, 0.29) is 0 Å². The van der Waals surface area contributed by atoms with Crippen LogP contribution in [0.2, 0.25) is 0 Å². The maximum Gasteiger partial charge on any atom is 0.0716 e. The van der Waals surface area contributed by atoms with Gasteiger partial charge in [0.05, 0.1) is 6.61 Å². The summed E-state index contributed by atoms with van der Waals surface area (Å²) in [6, 6.07) is 8.58. The molecule has 0 aromatic heterocycles. The van der Waals surface area contributed by atoms with E-state index in [9.17, 15) is 0 Å². The third kappa shape index (κ3) is 7.22. The standard InChI is InChI=1S/C17H29NO/c1-4-5-6-7-8-9-14-19-15-16-10-12-17(13-11-16)18(2)3/h10-13H,4-9,14-15H2,1-3H3. The van der Waals surface area contributed by atoms with Crippen LogP contribution in [0, 0.1) is 0 Å². The number of benzene rings is 1. The second-order valence-corrected chi connectivity index (χ2v) is 5.38. The van der Waals surface area contributed by atoms with E-state index < -0.39 is 0 Å². The van der Waals surface area contributed by atoms with Crippen molar-refractivity contribution in [3.63, 3.8) is 0 Å². The molecule has 1 rings (SSSR count). The van der Waals surface area contributed by atoms with Crippen LogP contribution in [-0.2, 0) is 11.3 Å². The molecule has 0 fully saturated rings. The summed E-state index contributed by atoms with van der Waals surface area (Å²) in [6.07, 6.45) is 7.93. The number of unbranched alkanes of at least 4 members (excludes halogenated alkanes) is 5. The number of hydrogen-bond donors (Lipinski definition) is 0. The van der Waals surface area contributed by atoms with Crippen LogP contribution in [0.3, 0.4) is 0 Å². The van der Waals surface area contributed by atoms with E-state index in [1.807, 2.05) is 0 Å². The summed E-state index contributed by atoms with van der Waals surface area (Å²) in [5.41, 5.74) is 2.50. The lowest BCUT2D eigenvalue weighted by molar-refractivity contribution is 0.116. The minimum Gasteiger partial charge on any atom is -0.378 e. The third-order valence-electron chi connectivity index (χ3n) is 3.36. The van der Waals surface area contributed by atoms with Gasteiger partial charge in [-0.1, -0.05) is 51.2 Å². The smallest absolute Gasteiger partial charge is 0.0716 e. The van der Waals surface area contributed by atoms with E-state index in [1.165, 1.54) is 49.8 Å². The maximum atomic E-state index is 5.71. The maximum absolute atomic E-state index is 5.71. The molecular weight excluding hydrogens is 234 g/mol. The Kier molecular flexibility index (Phi) is 8.31. The molecule has 0 spiro atoms. The normalized spacial score (nSPS) is 10.7. The molecule has 0 amide bonds. The zero-order valence-corrected chi connectivity index (χ0v) is 12.8. The van der Waals surface area contributed by atoms with Gasteiger partial charge in [-0.25, -0.2) is 0 Å². The third-order valence-corrected chi connectivity index (χ3v) is 3.36. The largest absolute Gasteiger partial charge is 0.378 e. The number of ether oxygens (including phenoxy) is 1. The molecule has 0 radical (unpaired) electrons. The molecule has 0 bridgehead atoms. The van der Waals surface area contributed by atoms with E-state index in [0.717, 1.165) is 13.2 Å². The first-order valence-electron chi connectivity index (χ1n) is 7.58. The Morgan fingerprint density at radius 1 is 0.895 bits per heavy atom. The lowest BCUT2D eigenvalue weighted by atomic mass is 10.1. The first-order chi connectivity index (χ1) is 9.24. The molecule has 1 aromatic carbocycles. The van der Waals surface area contributed by atoms with Gasteiger partial charge in [0.15, 0.2) is 0 Å². The van der Waals surface area contributed by atoms with Crippen LogP contribution in [-0.4, -0.2) is 20.7 Å². The summed E-state index contributed by atoms with van der Waals surface area (Å²) in [6.45, 7) is 3.88. The SMILES string of the molecule is CCCCCCCCOCc1ccc(N(C)C)cc1. The topological polar surface area (TPSA) is 12.5 Å². The van der Waals surface area contributed by atoms with Gasteiger partial charge in [0.25, 0.3) is 0 Å². The van der Waals surface area contributed by atoms with Crippen molar-refractivity contribution in [2.24, 2.45) is 0 Å². The molecule has 0 saturated heterocycles. The van der Waals surface area contributed by atoms with Crippen LogP contribution in [0.1, 0.15) is 51.0 Å². The van der Waals surface area contributed by atoms with Gasteiger partial charge in [-0.05, 0) is 24.1 Å². The Bertz CT molecular complexity index is 319. The molecule has 0 aliphatic heterocycles. The zero-order chi connectivity index (χ0) is 13.9. The number of hydrogen-bond acceptors (Lipinski definition) is 2. The van der Waals surface area contributed by atoms with Crippen molar-refractivity contribution in [3.8, 4) is 0 Å². The van der Waals surface area contributed by atoms with Gasteiger partial charge < -0.3 is 9.64 Å². The lowest BCUT2D eigenvalue weighted by Crippen LogP contribution is -2.08. The minimum atomic E-state index is 0.739. The Balaban J connectivity index is 2.06. The van der Waals surface area contributed by atoms with Crippen molar-refractivity contribution in [2.75, 3.05) is 25.6 Å². The van der Waals surface area contributed by atoms with E-state index >= 15 is 0 Å². The average Bonchev–Trinajstić information content (AvgIpc) is 2.42. The van der Waals surface area contributed by atoms with E-state index in [1.54, 1.807) is 0 Å². The highest BCUT2D eigenvalue weighted by Gasteiger charge is 1.97. The van der Waals surface area contributed by atoms with Crippen LogP contribution in [0.25, 0.3) is 0 Å². The van der Waals surface area contributed by atoms with Crippen molar-refractivity contribution in [3.05, 3.63) is 29.8 Å². The first-order valence-corrected chi connectivity index (χ1v) is 7.58. The molecule has 0 heterocycles. The molecular formula is C17H29NO. The van der Waals surface area contributed by atoms with Crippen molar-refractivity contribution in [1.82, 2.24) is 0 Å². The van der Waals surface area contributed by atoms with Crippen molar-refractivity contribution in [1.29, 1.82) is 0 Å². The molecule has 0 N–H and O–H groups in total. The van der Waals surface area contributed by atoms with Crippen LogP contribution in [0.4, 0.5) is 5.69 Å². The predicted molar refractivity (Wildman–Crippen MR) is 83.8 cm³/mol. The van der Waals surface area contributed by atoms with Gasteiger partial charge in [-0.2, -0.15) is 0 Å². The summed E-state index contributed by atoms with van der Waals surface area (Å²) in [5.74, 6) is 0. The van der Waals surface area contributed by atoms with Gasteiger partial charge >= 0.3 is 0 Å². The molecule has 108 valence electrons.